The van der Waals surface area contributed by atoms with Gasteiger partial charge in [0, 0.05) is 18.5 Å². The van der Waals surface area contributed by atoms with Crippen molar-refractivity contribution >= 4 is 5.91 Å². The molecule has 0 fully saturated rings. The second-order valence-electron chi connectivity index (χ2n) is 6.97. The number of rotatable bonds is 7. The SMILES string of the molecule is Cc1ccc(CNC(=O)CCc2ccc(-c3cc(CO)ccc3O)cc2)cc1. The Hall–Kier alpha value is -3.11. The fourth-order valence-corrected chi connectivity index (χ4v) is 3.02. The highest BCUT2D eigenvalue weighted by molar-refractivity contribution is 5.76. The Morgan fingerprint density at radius 1 is 0.893 bits per heavy atom. The number of phenolic OH excluding ortho intramolecular Hbond substituents is 1. The van der Waals surface area contributed by atoms with E-state index >= 15 is 0 Å². The van der Waals surface area contributed by atoms with Crippen molar-refractivity contribution in [2.45, 2.75) is 32.9 Å². The highest BCUT2D eigenvalue weighted by Crippen LogP contribution is 2.30. The van der Waals surface area contributed by atoms with Gasteiger partial charge in [-0.15, -0.1) is 0 Å². The van der Waals surface area contributed by atoms with E-state index in [1.54, 1.807) is 18.2 Å². The number of carbonyl (C=O) groups excluding carboxylic acids is 1. The maximum Gasteiger partial charge on any atom is 0.220 e. The Kier molecular flexibility index (Phi) is 6.45. The van der Waals surface area contributed by atoms with Gasteiger partial charge in [0.25, 0.3) is 0 Å². The molecule has 0 heterocycles. The molecule has 0 aliphatic carbocycles. The largest absolute Gasteiger partial charge is 0.507 e. The van der Waals surface area contributed by atoms with Gasteiger partial charge in [-0.3, -0.25) is 4.79 Å². The summed E-state index contributed by atoms with van der Waals surface area (Å²) in [6, 6.07) is 21.0. The van der Waals surface area contributed by atoms with Gasteiger partial charge in [0.2, 0.25) is 5.91 Å². The summed E-state index contributed by atoms with van der Waals surface area (Å²) in [6.45, 7) is 2.51. The van der Waals surface area contributed by atoms with E-state index in [0.29, 0.717) is 24.9 Å². The number of nitrogens with one attached hydrogen (secondary N) is 1. The van der Waals surface area contributed by atoms with Crippen LogP contribution in [0.2, 0.25) is 0 Å². The van der Waals surface area contributed by atoms with Crippen molar-refractivity contribution in [3.8, 4) is 16.9 Å². The first-order valence-corrected chi connectivity index (χ1v) is 9.39. The summed E-state index contributed by atoms with van der Waals surface area (Å²) in [4.78, 5) is 12.1. The molecule has 0 radical (unpaired) electrons. The van der Waals surface area contributed by atoms with E-state index in [0.717, 1.165) is 22.3 Å². The molecule has 4 nitrogen and oxygen atoms in total. The van der Waals surface area contributed by atoms with Crippen LogP contribution in [0.3, 0.4) is 0 Å². The van der Waals surface area contributed by atoms with Gasteiger partial charge in [-0.25, -0.2) is 0 Å². The first kappa shape index (κ1) is 19.6. The molecule has 4 heteroatoms. The molecule has 0 bridgehead atoms. The van der Waals surface area contributed by atoms with E-state index in [-0.39, 0.29) is 18.3 Å². The molecule has 1 amide bonds. The minimum absolute atomic E-state index is 0.0259. The highest BCUT2D eigenvalue weighted by atomic mass is 16.3. The summed E-state index contributed by atoms with van der Waals surface area (Å²) in [7, 11) is 0. The van der Waals surface area contributed by atoms with Crippen LogP contribution >= 0.6 is 0 Å². The zero-order valence-electron chi connectivity index (χ0n) is 16.0. The van der Waals surface area contributed by atoms with Gasteiger partial charge >= 0.3 is 0 Å². The number of aliphatic hydroxyl groups excluding tert-OH is 1. The van der Waals surface area contributed by atoms with Gasteiger partial charge in [0.1, 0.15) is 5.75 Å². The average Bonchev–Trinajstić information content (AvgIpc) is 2.72. The van der Waals surface area contributed by atoms with E-state index in [9.17, 15) is 15.0 Å². The summed E-state index contributed by atoms with van der Waals surface area (Å²) in [6.07, 6.45) is 1.08. The normalized spacial score (nSPS) is 10.6. The molecule has 0 spiro atoms. The van der Waals surface area contributed by atoms with Crippen molar-refractivity contribution in [3.63, 3.8) is 0 Å². The molecule has 3 N–H and O–H groups in total. The minimum atomic E-state index is -0.0664. The van der Waals surface area contributed by atoms with Crippen LogP contribution in [-0.4, -0.2) is 16.1 Å². The minimum Gasteiger partial charge on any atom is -0.507 e. The van der Waals surface area contributed by atoms with Crippen molar-refractivity contribution in [2.75, 3.05) is 0 Å². The van der Waals surface area contributed by atoms with E-state index in [1.807, 2.05) is 55.5 Å². The predicted molar refractivity (Wildman–Crippen MR) is 111 cm³/mol. The molecule has 28 heavy (non-hydrogen) atoms. The molecule has 0 aromatic heterocycles. The third-order valence-electron chi connectivity index (χ3n) is 4.76. The number of carbonyl (C=O) groups is 1. The third kappa shape index (κ3) is 5.21. The van der Waals surface area contributed by atoms with E-state index in [4.69, 9.17) is 0 Å². The maximum absolute atomic E-state index is 12.1. The van der Waals surface area contributed by atoms with Crippen LogP contribution in [-0.2, 0) is 24.4 Å². The lowest BCUT2D eigenvalue weighted by atomic mass is 9.99. The molecule has 0 atom stereocenters. The molecule has 0 aliphatic heterocycles. The van der Waals surface area contributed by atoms with Crippen LogP contribution in [0.1, 0.15) is 28.7 Å². The van der Waals surface area contributed by atoms with Crippen LogP contribution in [0.4, 0.5) is 0 Å². The lowest BCUT2D eigenvalue weighted by molar-refractivity contribution is -0.121. The van der Waals surface area contributed by atoms with E-state index in [2.05, 4.69) is 5.32 Å². The summed E-state index contributed by atoms with van der Waals surface area (Å²) >= 11 is 0. The number of aliphatic hydroxyl groups is 1. The Labute approximate surface area is 165 Å². The van der Waals surface area contributed by atoms with Crippen LogP contribution < -0.4 is 5.32 Å². The molecule has 0 saturated carbocycles. The number of benzene rings is 3. The summed E-state index contributed by atoms with van der Waals surface area (Å²) < 4.78 is 0. The first-order valence-electron chi connectivity index (χ1n) is 9.39. The molecule has 0 aliphatic rings. The average molecular weight is 375 g/mol. The highest BCUT2D eigenvalue weighted by Gasteiger charge is 2.07. The quantitative estimate of drug-likeness (QED) is 0.582. The lowest BCUT2D eigenvalue weighted by Gasteiger charge is -2.09. The summed E-state index contributed by atoms with van der Waals surface area (Å²) in [5.74, 6) is 0.207. The van der Waals surface area contributed by atoms with Gasteiger partial charge < -0.3 is 15.5 Å². The smallest absolute Gasteiger partial charge is 0.220 e. The fourth-order valence-electron chi connectivity index (χ4n) is 3.02. The van der Waals surface area contributed by atoms with Crippen LogP contribution in [0.5, 0.6) is 5.75 Å². The lowest BCUT2D eigenvalue weighted by Crippen LogP contribution is -2.22. The van der Waals surface area contributed by atoms with Gasteiger partial charge in [-0.05, 0) is 47.7 Å². The molecule has 0 saturated heterocycles. The molecular formula is C24H25NO3. The number of phenols is 1. The molecule has 144 valence electrons. The Balaban J connectivity index is 1.54. The fraction of sp³-hybridized carbons (Fsp3) is 0.208. The standard InChI is InChI=1S/C24H25NO3/c1-17-2-4-19(5-3-17)15-25-24(28)13-9-18-6-10-21(11-7-18)22-14-20(16-26)8-12-23(22)27/h2-8,10-12,14,26-27H,9,13,15-16H2,1H3,(H,25,28). The maximum atomic E-state index is 12.1. The van der Waals surface area contributed by atoms with E-state index in [1.165, 1.54) is 5.56 Å². The number of amides is 1. The molecule has 0 unspecified atom stereocenters. The Morgan fingerprint density at radius 2 is 1.54 bits per heavy atom. The second kappa shape index (κ2) is 9.20. The summed E-state index contributed by atoms with van der Waals surface area (Å²) in [5, 5.41) is 22.3. The second-order valence-corrected chi connectivity index (χ2v) is 6.97. The number of hydrogen-bond acceptors (Lipinski definition) is 3. The Morgan fingerprint density at radius 3 is 2.21 bits per heavy atom. The summed E-state index contributed by atoms with van der Waals surface area (Å²) in [5.41, 5.74) is 5.67. The molecule has 3 aromatic carbocycles. The third-order valence-corrected chi connectivity index (χ3v) is 4.76. The van der Waals surface area contributed by atoms with Crippen molar-refractivity contribution < 1.29 is 15.0 Å². The molecule has 3 aromatic rings. The van der Waals surface area contributed by atoms with Crippen molar-refractivity contribution in [3.05, 3.63) is 89.0 Å². The van der Waals surface area contributed by atoms with Crippen LogP contribution in [0, 0.1) is 6.92 Å². The number of aromatic hydroxyl groups is 1. The van der Waals surface area contributed by atoms with Crippen LogP contribution in [0.15, 0.2) is 66.7 Å². The zero-order valence-corrected chi connectivity index (χ0v) is 16.0. The van der Waals surface area contributed by atoms with Crippen molar-refractivity contribution in [2.24, 2.45) is 0 Å². The molecular weight excluding hydrogens is 350 g/mol. The topological polar surface area (TPSA) is 69.6 Å². The van der Waals surface area contributed by atoms with E-state index < -0.39 is 0 Å². The number of hydrogen-bond donors (Lipinski definition) is 3. The van der Waals surface area contributed by atoms with Gasteiger partial charge in [0.15, 0.2) is 0 Å². The van der Waals surface area contributed by atoms with Gasteiger partial charge in [0.05, 0.1) is 6.61 Å². The van der Waals surface area contributed by atoms with Gasteiger partial charge in [-0.1, -0.05) is 60.2 Å². The Bertz CT molecular complexity index is 931. The van der Waals surface area contributed by atoms with Crippen LogP contribution in [0.25, 0.3) is 11.1 Å². The zero-order chi connectivity index (χ0) is 19.9. The predicted octanol–water partition coefficient (Wildman–Crippen LogP) is 4.11. The first-order chi connectivity index (χ1) is 13.5. The molecule has 3 rings (SSSR count). The number of aryl methyl sites for hydroxylation is 2. The van der Waals surface area contributed by atoms with Gasteiger partial charge in [-0.2, -0.15) is 0 Å². The van der Waals surface area contributed by atoms with Crippen molar-refractivity contribution in [1.29, 1.82) is 0 Å². The van der Waals surface area contributed by atoms with Crippen molar-refractivity contribution in [1.82, 2.24) is 5.32 Å². The monoisotopic (exact) mass is 375 g/mol.